The Morgan fingerprint density at radius 1 is 1.03 bits per heavy atom. The van der Waals surface area contributed by atoms with E-state index in [0.717, 1.165) is 28.4 Å². The molecule has 8 nitrogen and oxygen atoms in total. The molecule has 1 aliphatic heterocycles. The minimum Gasteiger partial charge on any atom is -0.497 e. The number of benzene rings is 2. The van der Waals surface area contributed by atoms with Crippen molar-refractivity contribution in [2.45, 2.75) is 25.9 Å². The smallest absolute Gasteiger partial charge is 0.325 e. The number of nitrogens with one attached hydrogen (secondary N) is 1. The van der Waals surface area contributed by atoms with Gasteiger partial charge < -0.3 is 29.2 Å². The van der Waals surface area contributed by atoms with Crippen molar-refractivity contribution in [1.29, 1.82) is 0 Å². The first-order chi connectivity index (χ1) is 15.5. The van der Waals surface area contributed by atoms with E-state index in [1.165, 1.54) is 0 Å². The zero-order chi connectivity index (χ0) is 22.9. The van der Waals surface area contributed by atoms with Crippen molar-refractivity contribution in [1.82, 2.24) is 10.2 Å². The number of amides is 2. The number of urea groups is 1. The molecule has 1 heterocycles. The van der Waals surface area contributed by atoms with Crippen LogP contribution in [0.25, 0.3) is 11.1 Å². The minimum absolute atomic E-state index is 0.00608. The van der Waals surface area contributed by atoms with E-state index < -0.39 is 5.97 Å². The van der Waals surface area contributed by atoms with Crippen molar-refractivity contribution in [2.75, 3.05) is 40.5 Å². The third-order valence-electron chi connectivity index (χ3n) is 5.27. The highest BCUT2D eigenvalue weighted by atomic mass is 16.5. The number of likely N-dealkylation sites (tertiary alicyclic amines) is 1. The number of nitrogens with zero attached hydrogens (tertiary/aromatic N) is 1. The van der Waals surface area contributed by atoms with Crippen molar-refractivity contribution >= 4 is 12.0 Å². The summed E-state index contributed by atoms with van der Waals surface area (Å²) in [5.41, 5.74) is 1.89. The van der Waals surface area contributed by atoms with Gasteiger partial charge in [0, 0.05) is 31.5 Å². The molecule has 3 rings (SSSR count). The first-order valence-electron chi connectivity index (χ1n) is 10.7. The quantitative estimate of drug-likeness (QED) is 0.630. The Hall–Kier alpha value is -3.42. The van der Waals surface area contributed by atoms with Crippen LogP contribution in [0.5, 0.6) is 17.2 Å². The molecule has 0 bridgehead atoms. The number of carbonyl (C=O) groups is 2. The van der Waals surface area contributed by atoms with E-state index in [4.69, 9.17) is 18.9 Å². The number of ether oxygens (including phenoxy) is 4. The van der Waals surface area contributed by atoms with Gasteiger partial charge in [-0.3, -0.25) is 4.79 Å². The predicted octanol–water partition coefficient (Wildman–Crippen LogP) is 3.49. The van der Waals surface area contributed by atoms with Crippen LogP contribution in [0, 0.1) is 0 Å². The Morgan fingerprint density at radius 2 is 1.81 bits per heavy atom. The molecule has 0 aromatic heterocycles. The third kappa shape index (κ3) is 6.06. The Bertz CT molecular complexity index is 924. The van der Waals surface area contributed by atoms with Gasteiger partial charge in [0.2, 0.25) is 0 Å². The van der Waals surface area contributed by atoms with E-state index in [2.05, 4.69) is 5.32 Å². The number of rotatable bonds is 8. The molecule has 2 aromatic rings. The maximum Gasteiger partial charge on any atom is 0.325 e. The molecule has 1 fully saturated rings. The summed E-state index contributed by atoms with van der Waals surface area (Å²) in [6.45, 7) is 3.02. The van der Waals surface area contributed by atoms with Gasteiger partial charge in [-0.2, -0.15) is 0 Å². The summed E-state index contributed by atoms with van der Waals surface area (Å²) in [7, 11) is 3.27. The average molecular weight is 443 g/mol. The lowest BCUT2D eigenvalue weighted by atomic mass is 10.0. The summed E-state index contributed by atoms with van der Waals surface area (Å²) in [6, 6.07) is 13.3. The van der Waals surface area contributed by atoms with Crippen molar-refractivity contribution in [3.8, 4) is 28.4 Å². The number of hydrogen-bond donors (Lipinski definition) is 1. The summed E-state index contributed by atoms with van der Waals surface area (Å²) in [4.78, 5) is 25.3. The lowest BCUT2D eigenvalue weighted by Gasteiger charge is -2.32. The van der Waals surface area contributed by atoms with Crippen LogP contribution in [0.2, 0.25) is 0 Å². The number of carbonyl (C=O) groups excluding carboxylic acids is 2. The Morgan fingerprint density at radius 3 is 2.50 bits per heavy atom. The number of methoxy groups -OCH3 is 2. The molecule has 2 aromatic carbocycles. The maximum atomic E-state index is 12.2. The van der Waals surface area contributed by atoms with Gasteiger partial charge in [-0.15, -0.1) is 0 Å². The third-order valence-corrected chi connectivity index (χ3v) is 5.27. The van der Waals surface area contributed by atoms with Crippen LogP contribution in [0.15, 0.2) is 42.5 Å². The maximum absolute atomic E-state index is 12.2. The zero-order valence-electron chi connectivity index (χ0n) is 18.8. The van der Waals surface area contributed by atoms with Crippen LogP contribution >= 0.6 is 0 Å². The molecular weight excluding hydrogens is 412 g/mol. The second kappa shape index (κ2) is 11.3. The highest BCUT2D eigenvalue weighted by molar-refractivity contribution is 5.80. The molecule has 0 radical (unpaired) electrons. The number of hydrogen-bond acceptors (Lipinski definition) is 6. The fourth-order valence-electron chi connectivity index (χ4n) is 3.62. The monoisotopic (exact) mass is 442 g/mol. The van der Waals surface area contributed by atoms with Crippen molar-refractivity contribution in [2.24, 2.45) is 0 Å². The van der Waals surface area contributed by atoms with E-state index in [0.29, 0.717) is 32.5 Å². The van der Waals surface area contributed by atoms with Gasteiger partial charge in [0.15, 0.2) is 0 Å². The number of esters is 1. The summed E-state index contributed by atoms with van der Waals surface area (Å²) < 4.78 is 21.9. The molecule has 1 saturated heterocycles. The first kappa shape index (κ1) is 23.2. The van der Waals surface area contributed by atoms with E-state index in [-0.39, 0.29) is 18.7 Å². The van der Waals surface area contributed by atoms with Gasteiger partial charge in [0.25, 0.3) is 0 Å². The first-order valence-corrected chi connectivity index (χ1v) is 10.7. The molecule has 0 spiro atoms. The molecule has 1 aliphatic rings. The van der Waals surface area contributed by atoms with Crippen molar-refractivity contribution < 1.29 is 28.5 Å². The highest BCUT2D eigenvalue weighted by Gasteiger charge is 2.24. The summed E-state index contributed by atoms with van der Waals surface area (Å²) in [6.07, 6.45) is 1.42. The van der Waals surface area contributed by atoms with Gasteiger partial charge in [-0.1, -0.05) is 12.1 Å². The summed E-state index contributed by atoms with van der Waals surface area (Å²) >= 11 is 0. The van der Waals surface area contributed by atoms with Crippen molar-refractivity contribution in [3.05, 3.63) is 42.5 Å². The lowest BCUT2D eigenvalue weighted by Crippen LogP contribution is -2.47. The van der Waals surface area contributed by atoms with Crippen LogP contribution in [0.1, 0.15) is 19.8 Å². The molecule has 2 amide bonds. The van der Waals surface area contributed by atoms with Gasteiger partial charge in [-0.25, -0.2) is 4.79 Å². The van der Waals surface area contributed by atoms with Crippen LogP contribution in [-0.4, -0.2) is 63.5 Å². The van der Waals surface area contributed by atoms with Gasteiger partial charge in [-0.05, 0) is 42.8 Å². The fourth-order valence-corrected chi connectivity index (χ4v) is 3.62. The highest BCUT2D eigenvalue weighted by Crippen LogP contribution is 2.35. The summed E-state index contributed by atoms with van der Waals surface area (Å²) in [5, 5.41) is 2.60. The summed E-state index contributed by atoms with van der Waals surface area (Å²) in [5.74, 6) is 1.83. The molecule has 0 atom stereocenters. The van der Waals surface area contributed by atoms with E-state index in [1.54, 1.807) is 26.0 Å². The minimum atomic E-state index is -0.438. The largest absolute Gasteiger partial charge is 0.497 e. The van der Waals surface area contributed by atoms with Crippen LogP contribution in [0.3, 0.4) is 0 Å². The number of piperidine rings is 1. The standard InChI is InChI=1S/C24H30N2O6/c1-4-31-23(27)16-25-24(28)26-12-10-18(11-13-26)32-20-7-5-6-17(14-20)21-15-19(29-2)8-9-22(21)30-3/h5-9,14-15,18H,4,10-13,16H2,1-3H3,(H,25,28). The van der Waals surface area contributed by atoms with E-state index in [9.17, 15) is 9.59 Å². The van der Waals surface area contributed by atoms with Crippen LogP contribution in [-0.2, 0) is 9.53 Å². The lowest BCUT2D eigenvalue weighted by molar-refractivity contribution is -0.141. The molecule has 0 aliphatic carbocycles. The Kier molecular flexibility index (Phi) is 8.19. The second-order valence-corrected chi connectivity index (χ2v) is 7.36. The zero-order valence-corrected chi connectivity index (χ0v) is 18.8. The molecule has 8 heteroatoms. The molecular formula is C24H30N2O6. The molecule has 172 valence electrons. The van der Waals surface area contributed by atoms with Crippen LogP contribution in [0.4, 0.5) is 4.79 Å². The average Bonchev–Trinajstić information content (AvgIpc) is 2.83. The topological polar surface area (TPSA) is 86.3 Å². The Labute approximate surface area is 188 Å². The Balaban J connectivity index is 1.57. The SMILES string of the molecule is CCOC(=O)CNC(=O)N1CCC(Oc2cccc(-c3cc(OC)ccc3OC)c2)CC1. The molecule has 0 saturated carbocycles. The molecule has 0 unspecified atom stereocenters. The van der Waals surface area contributed by atoms with E-state index >= 15 is 0 Å². The molecule has 32 heavy (non-hydrogen) atoms. The van der Waals surface area contributed by atoms with E-state index in [1.807, 2.05) is 42.5 Å². The molecule has 1 N–H and O–H groups in total. The predicted molar refractivity (Wildman–Crippen MR) is 120 cm³/mol. The second-order valence-electron chi connectivity index (χ2n) is 7.36. The fraction of sp³-hybridized carbons (Fsp3) is 0.417. The van der Waals surface area contributed by atoms with Gasteiger partial charge in [0.05, 0.1) is 20.8 Å². The van der Waals surface area contributed by atoms with Crippen LogP contribution < -0.4 is 19.5 Å². The van der Waals surface area contributed by atoms with Gasteiger partial charge >= 0.3 is 12.0 Å². The van der Waals surface area contributed by atoms with Crippen molar-refractivity contribution in [3.63, 3.8) is 0 Å². The van der Waals surface area contributed by atoms with Gasteiger partial charge in [0.1, 0.15) is 29.9 Å². The normalized spacial score (nSPS) is 13.9.